The highest BCUT2D eigenvalue weighted by molar-refractivity contribution is 6.20. The first-order valence-electron chi connectivity index (χ1n) is 2.41. The standard InChI is InChI=1S/C3H7Cl.C2H4O3/c1-3(2)4;1-5-2(3)4/h3H,1-2H3;1H3,(H,3,4). The lowest BCUT2D eigenvalue weighted by molar-refractivity contribution is 0.114. The van der Waals surface area contributed by atoms with Gasteiger partial charge in [0.1, 0.15) is 0 Å². The highest BCUT2D eigenvalue weighted by atomic mass is 35.5. The molecule has 0 unspecified atom stereocenters. The van der Waals surface area contributed by atoms with Crippen LogP contribution in [0.4, 0.5) is 4.79 Å². The van der Waals surface area contributed by atoms with Crippen LogP contribution in [-0.2, 0) is 4.74 Å². The van der Waals surface area contributed by atoms with Crippen LogP contribution in [0.5, 0.6) is 0 Å². The monoisotopic (exact) mass is 154 g/mol. The zero-order valence-corrected chi connectivity index (χ0v) is 6.47. The van der Waals surface area contributed by atoms with Crippen LogP contribution in [0.3, 0.4) is 0 Å². The fraction of sp³-hybridized carbons (Fsp3) is 0.800. The molecule has 4 heteroatoms. The van der Waals surface area contributed by atoms with Crippen LogP contribution in [0.2, 0.25) is 0 Å². The van der Waals surface area contributed by atoms with Gasteiger partial charge < -0.3 is 9.84 Å². The Morgan fingerprint density at radius 2 is 1.78 bits per heavy atom. The van der Waals surface area contributed by atoms with Gasteiger partial charge in [0.2, 0.25) is 0 Å². The summed E-state index contributed by atoms with van der Waals surface area (Å²) in [6, 6.07) is 0. The smallest absolute Gasteiger partial charge is 0.450 e. The second-order valence-corrected chi connectivity index (χ2v) is 2.36. The molecule has 0 rings (SSSR count). The molecule has 0 heterocycles. The van der Waals surface area contributed by atoms with Gasteiger partial charge in [0.15, 0.2) is 0 Å². The van der Waals surface area contributed by atoms with Crippen molar-refractivity contribution in [3.63, 3.8) is 0 Å². The summed E-state index contributed by atoms with van der Waals surface area (Å²) in [5.41, 5.74) is 0. The Kier molecular flexibility index (Phi) is 9.55. The number of carboxylic acid groups (broad SMARTS) is 1. The van der Waals surface area contributed by atoms with Gasteiger partial charge in [-0.3, -0.25) is 0 Å². The Balaban J connectivity index is 0. The van der Waals surface area contributed by atoms with Crippen LogP contribution in [0, 0.1) is 0 Å². The van der Waals surface area contributed by atoms with Crippen molar-refractivity contribution in [1.82, 2.24) is 0 Å². The van der Waals surface area contributed by atoms with Gasteiger partial charge in [0.25, 0.3) is 0 Å². The Morgan fingerprint density at radius 1 is 1.67 bits per heavy atom. The summed E-state index contributed by atoms with van der Waals surface area (Å²) in [4.78, 5) is 9.15. The molecule has 0 aliphatic rings. The lowest BCUT2D eigenvalue weighted by Crippen LogP contribution is -1.91. The number of rotatable bonds is 0. The summed E-state index contributed by atoms with van der Waals surface area (Å²) in [5, 5.41) is 7.81. The molecule has 0 saturated carbocycles. The van der Waals surface area contributed by atoms with Crippen LogP contribution in [0.25, 0.3) is 0 Å². The molecule has 0 spiro atoms. The van der Waals surface area contributed by atoms with Crippen LogP contribution >= 0.6 is 11.6 Å². The SMILES string of the molecule is CC(C)Cl.COC(=O)O. The van der Waals surface area contributed by atoms with E-state index in [2.05, 4.69) is 4.74 Å². The third-order valence-electron chi connectivity index (χ3n) is 0.175. The molecule has 0 aliphatic carbocycles. The van der Waals surface area contributed by atoms with E-state index in [9.17, 15) is 0 Å². The molecule has 0 aliphatic heterocycles. The summed E-state index contributed by atoms with van der Waals surface area (Å²) < 4.78 is 3.67. The topological polar surface area (TPSA) is 46.5 Å². The van der Waals surface area contributed by atoms with Crippen LogP contribution < -0.4 is 0 Å². The number of hydrogen-bond acceptors (Lipinski definition) is 2. The molecule has 0 atom stereocenters. The van der Waals surface area contributed by atoms with Crippen molar-refractivity contribution in [3.05, 3.63) is 0 Å². The van der Waals surface area contributed by atoms with E-state index in [0.29, 0.717) is 5.38 Å². The minimum absolute atomic E-state index is 0.306. The van der Waals surface area contributed by atoms with E-state index in [-0.39, 0.29) is 0 Å². The highest BCUT2D eigenvalue weighted by Gasteiger charge is 1.80. The van der Waals surface area contributed by atoms with Gasteiger partial charge in [-0.15, -0.1) is 11.6 Å². The van der Waals surface area contributed by atoms with E-state index in [1.165, 1.54) is 0 Å². The molecule has 0 aromatic heterocycles. The van der Waals surface area contributed by atoms with Gasteiger partial charge in [-0.2, -0.15) is 0 Å². The molecule has 0 aromatic rings. The number of carbonyl (C=O) groups is 1. The van der Waals surface area contributed by atoms with Crippen LogP contribution in [-0.4, -0.2) is 23.7 Å². The van der Waals surface area contributed by atoms with E-state index >= 15 is 0 Å². The maximum absolute atomic E-state index is 9.15. The molecule has 0 bridgehead atoms. The lowest BCUT2D eigenvalue weighted by atomic mass is 10.6. The first-order chi connectivity index (χ1) is 4.00. The lowest BCUT2D eigenvalue weighted by Gasteiger charge is -1.79. The molecule has 56 valence electrons. The van der Waals surface area contributed by atoms with Gasteiger partial charge in [-0.1, -0.05) is 0 Å². The number of hydrogen-bond donors (Lipinski definition) is 1. The van der Waals surface area contributed by atoms with Crippen molar-refractivity contribution in [3.8, 4) is 0 Å². The van der Waals surface area contributed by atoms with E-state index in [0.717, 1.165) is 7.11 Å². The molecule has 0 saturated heterocycles. The molecular formula is C5H11ClO3. The molecule has 9 heavy (non-hydrogen) atoms. The van der Waals surface area contributed by atoms with E-state index in [1.54, 1.807) is 0 Å². The van der Waals surface area contributed by atoms with Gasteiger partial charge in [0, 0.05) is 5.38 Å². The average molecular weight is 155 g/mol. The van der Waals surface area contributed by atoms with Crippen LogP contribution in [0.15, 0.2) is 0 Å². The van der Waals surface area contributed by atoms with Crippen molar-refractivity contribution in [2.45, 2.75) is 19.2 Å². The summed E-state index contributed by atoms with van der Waals surface area (Å²) in [7, 11) is 1.10. The first-order valence-corrected chi connectivity index (χ1v) is 2.85. The number of methoxy groups -OCH3 is 1. The molecule has 0 radical (unpaired) electrons. The van der Waals surface area contributed by atoms with Gasteiger partial charge in [-0.25, -0.2) is 4.79 Å². The Bertz CT molecular complexity index is 69.8. The van der Waals surface area contributed by atoms with Crippen molar-refractivity contribution >= 4 is 17.8 Å². The minimum atomic E-state index is -1.25. The Morgan fingerprint density at radius 3 is 1.78 bits per heavy atom. The maximum Gasteiger partial charge on any atom is 0.505 e. The molecule has 0 fully saturated rings. The maximum atomic E-state index is 9.15. The molecule has 1 N–H and O–H groups in total. The Hall–Kier alpha value is -0.440. The molecule has 0 aromatic carbocycles. The summed E-state index contributed by atoms with van der Waals surface area (Å²) in [6.45, 7) is 3.86. The summed E-state index contributed by atoms with van der Waals surface area (Å²) in [5.74, 6) is 0. The second kappa shape index (κ2) is 7.56. The van der Waals surface area contributed by atoms with E-state index in [4.69, 9.17) is 21.5 Å². The third kappa shape index (κ3) is 96.0. The predicted octanol–water partition coefficient (Wildman–Crippen LogP) is 1.94. The highest BCUT2D eigenvalue weighted by Crippen LogP contribution is 1.84. The summed E-state index contributed by atoms with van der Waals surface area (Å²) >= 11 is 5.27. The molecular weight excluding hydrogens is 144 g/mol. The van der Waals surface area contributed by atoms with E-state index in [1.807, 2.05) is 13.8 Å². The zero-order valence-electron chi connectivity index (χ0n) is 5.72. The quantitative estimate of drug-likeness (QED) is 0.429. The largest absolute Gasteiger partial charge is 0.505 e. The fourth-order valence-electron chi connectivity index (χ4n) is 0. The normalized spacial score (nSPS) is 7.67. The minimum Gasteiger partial charge on any atom is -0.450 e. The van der Waals surface area contributed by atoms with Gasteiger partial charge >= 0.3 is 6.16 Å². The van der Waals surface area contributed by atoms with Crippen LogP contribution in [0.1, 0.15) is 13.8 Å². The van der Waals surface area contributed by atoms with Crippen molar-refractivity contribution in [1.29, 1.82) is 0 Å². The number of alkyl halides is 1. The van der Waals surface area contributed by atoms with Gasteiger partial charge in [0.05, 0.1) is 7.11 Å². The zero-order chi connectivity index (χ0) is 7.86. The van der Waals surface area contributed by atoms with Gasteiger partial charge in [-0.05, 0) is 13.8 Å². The molecule has 3 nitrogen and oxygen atoms in total. The number of halogens is 1. The van der Waals surface area contributed by atoms with Crippen molar-refractivity contribution in [2.24, 2.45) is 0 Å². The second-order valence-electron chi connectivity index (χ2n) is 1.48. The summed E-state index contributed by atoms with van der Waals surface area (Å²) in [6.07, 6.45) is -1.25. The first kappa shape index (κ1) is 11.4. The van der Waals surface area contributed by atoms with Crippen molar-refractivity contribution < 1.29 is 14.6 Å². The molecule has 0 amide bonds. The Labute approximate surface area is 59.6 Å². The fourth-order valence-corrected chi connectivity index (χ4v) is 0. The predicted molar refractivity (Wildman–Crippen MR) is 36.0 cm³/mol. The number of ether oxygens (including phenoxy) is 1. The van der Waals surface area contributed by atoms with E-state index < -0.39 is 6.16 Å². The average Bonchev–Trinajstić information content (AvgIpc) is 1.65. The third-order valence-corrected chi connectivity index (χ3v) is 0.175. The van der Waals surface area contributed by atoms with Crippen molar-refractivity contribution in [2.75, 3.05) is 7.11 Å².